The fourth-order valence-electron chi connectivity index (χ4n) is 4.15. The highest BCUT2D eigenvalue weighted by molar-refractivity contribution is 5.84. The number of nitrogens with zero attached hydrogens (tertiary/aromatic N) is 2. The first-order valence-electron chi connectivity index (χ1n) is 12.3. The van der Waals surface area contributed by atoms with E-state index in [1.54, 1.807) is 11.8 Å². The van der Waals surface area contributed by atoms with Gasteiger partial charge in [0.15, 0.2) is 0 Å². The average molecular weight is 497 g/mol. The Labute approximate surface area is 212 Å². The number of methoxy groups -OCH3 is 1. The lowest BCUT2D eigenvalue weighted by Gasteiger charge is -2.38. The molecule has 2 heterocycles. The Bertz CT molecular complexity index is 1150. The van der Waals surface area contributed by atoms with Crippen LogP contribution in [-0.2, 0) is 23.8 Å². The van der Waals surface area contributed by atoms with Gasteiger partial charge in [-0.05, 0) is 57.7 Å². The number of hydrogen-bond donors (Lipinski definition) is 0. The number of esters is 2. The molecule has 194 valence electrons. The van der Waals surface area contributed by atoms with Crippen LogP contribution in [0.4, 0.5) is 4.79 Å². The molecule has 1 fully saturated rings. The number of carbonyl (C=O) groups excluding carboxylic acids is 3. The van der Waals surface area contributed by atoms with Crippen molar-refractivity contribution in [3.8, 4) is 0 Å². The number of carbonyl (C=O) groups is 3. The van der Waals surface area contributed by atoms with Crippen molar-refractivity contribution in [2.75, 3.05) is 20.2 Å². The third-order valence-electron chi connectivity index (χ3n) is 6.81. The third kappa shape index (κ3) is 6.42. The number of benzene rings is 1. The zero-order valence-corrected chi connectivity index (χ0v) is 22.0. The van der Waals surface area contributed by atoms with E-state index in [1.165, 1.54) is 14.0 Å². The molecule has 0 N–H and O–H groups in total. The molecule has 1 aromatic carbocycles. The summed E-state index contributed by atoms with van der Waals surface area (Å²) in [6, 6.07) is 9.63. The Morgan fingerprint density at radius 2 is 1.83 bits per heavy atom. The Balaban J connectivity index is 1.79. The number of likely N-dealkylation sites (tertiary alicyclic amines) is 1. The van der Waals surface area contributed by atoms with Crippen molar-refractivity contribution < 1.29 is 28.6 Å². The summed E-state index contributed by atoms with van der Waals surface area (Å²) in [6.45, 7) is 9.69. The van der Waals surface area contributed by atoms with Crippen LogP contribution in [0, 0.1) is 5.41 Å². The lowest BCUT2D eigenvalue weighted by Crippen LogP contribution is -2.47. The van der Waals surface area contributed by atoms with Crippen LogP contribution in [0.2, 0.25) is 0 Å². The molecule has 0 spiro atoms. The largest absolute Gasteiger partial charge is 0.468 e. The summed E-state index contributed by atoms with van der Waals surface area (Å²) in [5, 5.41) is 0.954. The van der Waals surface area contributed by atoms with Gasteiger partial charge in [0.05, 0.1) is 23.7 Å². The summed E-state index contributed by atoms with van der Waals surface area (Å²) < 4.78 is 16.0. The van der Waals surface area contributed by atoms with E-state index in [9.17, 15) is 14.4 Å². The number of rotatable bonds is 7. The van der Waals surface area contributed by atoms with Gasteiger partial charge in [-0.1, -0.05) is 37.3 Å². The van der Waals surface area contributed by atoms with Crippen molar-refractivity contribution in [3.05, 3.63) is 47.7 Å². The first-order chi connectivity index (χ1) is 17.0. The van der Waals surface area contributed by atoms with Crippen molar-refractivity contribution in [3.63, 3.8) is 0 Å². The molecule has 1 amide bonds. The molecule has 36 heavy (non-hydrogen) atoms. The van der Waals surface area contributed by atoms with Crippen LogP contribution in [-0.4, -0.2) is 53.7 Å². The standard InChI is InChI=1S/C28H36N2O6/c1-7-27(4,5)36-26(33)30-16-14-28(15-17-30,25(32)34-6)13-12-21-8-9-22-10-11-23(29-24(22)18-21)19(2)35-20(3)31/h8-13,18-19H,7,14-17H2,1-6H3. The number of aromatic nitrogens is 1. The molecule has 8 heteroatoms. The van der Waals surface area contributed by atoms with E-state index in [0.717, 1.165) is 16.5 Å². The molecule has 8 nitrogen and oxygen atoms in total. The van der Waals surface area contributed by atoms with Crippen LogP contribution in [0.3, 0.4) is 0 Å². The Kier molecular flexibility index (Phi) is 8.38. The van der Waals surface area contributed by atoms with Crippen LogP contribution in [0.15, 0.2) is 36.4 Å². The number of amides is 1. The van der Waals surface area contributed by atoms with Crippen molar-refractivity contribution in [1.82, 2.24) is 9.88 Å². The molecule has 1 aromatic heterocycles. The van der Waals surface area contributed by atoms with Gasteiger partial charge in [0.25, 0.3) is 0 Å². The molecule has 0 bridgehead atoms. The zero-order chi connectivity index (χ0) is 26.5. The van der Waals surface area contributed by atoms with Crippen molar-refractivity contribution in [2.45, 2.75) is 65.6 Å². The first-order valence-corrected chi connectivity index (χ1v) is 12.3. The van der Waals surface area contributed by atoms with E-state index in [-0.39, 0.29) is 18.0 Å². The van der Waals surface area contributed by atoms with Gasteiger partial charge in [-0.15, -0.1) is 0 Å². The summed E-state index contributed by atoms with van der Waals surface area (Å²) in [4.78, 5) is 43.0. The van der Waals surface area contributed by atoms with Crippen molar-refractivity contribution >= 4 is 35.0 Å². The van der Waals surface area contributed by atoms with E-state index in [4.69, 9.17) is 14.2 Å². The van der Waals surface area contributed by atoms with Gasteiger partial charge < -0.3 is 19.1 Å². The van der Waals surface area contributed by atoms with Crippen LogP contribution in [0.5, 0.6) is 0 Å². The monoisotopic (exact) mass is 496 g/mol. The highest BCUT2D eigenvalue weighted by Crippen LogP contribution is 2.36. The maximum atomic E-state index is 12.8. The van der Waals surface area contributed by atoms with Crippen molar-refractivity contribution in [1.29, 1.82) is 0 Å². The van der Waals surface area contributed by atoms with Gasteiger partial charge in [0.1, 0.15) is 11.7 Å². The van der Waals surface area contributed by atoms with Crippen LogP contribution >= 0.6 is 0 Å². The highest BCUT2D eigenvalue weighted by Gasteiger charge is 2.42. The number of pyridine rings is 1. The second kappa shape index (κ2) is 11.1. The van der Waals surface area contributed by atoms with Crippen LogP contribution in [0.1, 0.15) is 71.2 Å². The molecule has 2 aromatic rings. The molecule has 1 saturated heterocycles. The molecule has 1 aliphatic rings. The van der Waals surface area contributed by atoms with Crippen LogP contribution in [0.25, 0.3) is 17.0 Å². The quantitative estimate of drug-likeness (QED) is 0.371. The fourth-order valence-corrected chi connectivity index (χ4v) is 4.15. The highest BCUT2D eigenvalue weighted by atomic mass is 16.6. The third-order valence-corrected chi connectivity index (χ3v) is 6.81. The molecule has 1 atom stereocenters. The minimum Gasteiger partial charge on any atom is -0.468 e. The first kappa shape index (κ1) is 27.2. The summed E-state index contributed by atoms with van der Waals surface area (Å²) in [7, 11) is 1.38. The average Bonchev–Trinajstić information content (AvgIpc) is 2.86. The van der Waals surface area contributed by atoms with E-state index in [2.05, 4.69) is 4.98 Å². The molecule has 1 unspecified atom stereocenters. The number of ether oxygens (including phenoxy) is 3. The van der Waals surface area contributed by atoms with Gasteiger partial charge in [-0.25, -0.2) is 9.78 Å². The van der Waals surface area contributed by atoms with E-state index in [0.29, 0.717) is 38.0 Å². The zero-order valence-electron chi connectivity index (χ0n) is 22.0. The molecule has 0 saturated carbocycles. The minimum absolute atomic E-state index is 0.322. The van der Waals surface area contributed by atoms with E-state index in [1.807, 2.05) is 63.3 Å². The molecule has 0 aliphatic carbocycles. The number of piperidine rings is 1. The van der Waals surface area contributed by atoms with Gasteiger partial charge in [0.2, 0.25) is 0 Å². The lowest BCUT2D eigenvalue weighted by atomic mass is 9.77. The molecular formula is C28H36N2O6. The normalized spacial score (nSPS) is 16.6. The Hall–Kier alpha value is -3.42. The second-order valence-corrected chi connectivity index (χ2v) is 9.89. The molecule has 1 aliphatic heterocycles. The van der Waals surface area contributed by atoms with E-state index >= 15 is 0 Å². The maximum Gasteiger partial charge on any atom is 0.410 e. The lowest BCUT2D eigenvalue weighted by molar-refractivity contribution is -0.152. The molecular weight excluding hydrogens is 460 g/mol. The predicted molar refractivity (Wildman–Crippen MR) is 137 cm³/mol. The van der Waals surface area contributed by atoms with E-state index < -0.39 is 17.1 Å². The fraction of sp³-hybridized carbons (Fsp3) is 0.500. The second-order valence-electron chi connectivity index (χ2n) is 9.89. The summed E-state index contributed by atoms with van der Waals surface area (Å²) in [6.07, 6.45) is 4.56. The summed E-state index contributed by atoms with van der Waals surface area (Å²) >= 11 is 0. The smallest absolute Gasteiger partial charge is 0.410 e. The number of hydrogen-bond acceptors (Lipinski definition) is 7. The van der Waals surface area contributed by atoms with Crippen LogP contribution < -0.4 is 0 Å². The summed E-state index contributed by atoms with van der Waals surface area (Å²) in [5.41, 5.74) is 0.933. The topological polar surface area (TPSA) is 95.0 Å². The SMILES string of the molecule is CCC(C)(C)OC(=O)N1CCC(C=Cc2ccc3ccc(C(C)OC(C)=O)nc3c2)(C(=O)OC)CC1. The van der Waals surface area contributed by atoms with Gasteiger partial charge in [0, 0.05) is 25.4 Å². The van der Waals surface area contributed by atoms with Gasteiger partial charge in [-0.2, -0.15) is 0 Å². The Morgan fingerprint density at radius 1 is 1.17 bits per heavy atom. The number of fused-ring (bicyclic) bond motifs is 1. The van der Waals surface area contributed by atoms with Gasteiger partial charge >= 0.3 is 18.0 Å². The predicted octanol–water partition coefficient (Wildman–Crippen LogP) is 5.45. The maximum absolute atomic E-state index is 12.8. The Morgan fingerprint density at radius 3 is 2.44 bits per heavy atom. The minimum atomic E-state index is -0.833. The summed E-state index contributed by atoms with van der Waals surface area (Å²) in [5.74, 6) is -0.681. The van der Waals surface area contributed by atoms with Gasteiger partial charge in [-0.3, -0.25) is 9.59 Å². The molecule has 0 radical (unpaired) electrons. The molecule has 3 rings (SSSR count). The van der Waals surface area contributed by atoms with Crippen molar-refractivity contribution in [2.24, 2.45) is 5.41 Å².